The maximum atomic E-state index is 12.5. The van der Waals surface area contributed by atoms with Crippen molar-refractivity contribution in [1.82, 2.24) is 9.88 Å². The predicted octanol–water partition coefficient (Wildman–Crippen LogP) is 3.13. The molecule has 1 aromatic carbocycles. The van der Waals surface area contributed by atoms with Crippen LogP contribution in [-0.2, 0) is 6.42 Å². The molecule has 0 saturated heterocycles. The van der Waals surface area contributed by atoms with Crippen LogP contribution in [0, 0.1) is 0 Å². The number of benzene rings is 1. The Labute approximate surface area is 133 Å². The minimum absolute atomic E-state index is 0.0733. The fraction of sp³-hybridized carbons (Fsp3) is 0.333. The maximum Gasteiger partial charge on any atom is 0.273 e. The van der Waals surface area contributed by atoms with Crippen molar-refractivity contribution in [2.45, 2.75) is 19.4 Å². The molecular formula is C15H18ClN3OS. The average molecular weight is 324 g/mol. The summed E-state index contributed by atoms with van der Waals surface area (Å²) in [5, 5.41) is 3.35. The molecular weight excluding hydrogens is 306 g/mol. The quantitative estimate of drug-likeness (QED) is 0.919. The zero-order chi connectivity index (χ0) is 15.4. The summed E-state index contributed by atoms with van der Waals surface area (Å²) in [5.41, 5.74) is 6.97. The number of hydrogen-bond acceptors (Lipinski definition) is 4. The molecule has 0 aliphatic heterocycles. The van der Waals surface area contributed by atoms with Crippen LogP contribution in [0.4, 0.5) is 0 Å². The van der Waals surface area contributed by atoms with Crippen LogP contribution in [0.5, 0.6) is 0 Å². The molecule has 1 unspecified atom stereocenters. The van der Waals surface area contributed by atoms with Gasteiger partial charge in [-0.2, -0.15) is 0 Å². The number of hydrogen-bond donors (Lipinski definition) is 1. The van der Waals surface area contributed by atoms with Crippen LogP contribution in [-0.4, -0.2) is 29.4 Å². The Morgan fingerprint density at radius 1 is 1.52 bits per heavy atom. The summed E-state index contributed by atoms with van der Waals surface area (Å²) >= 11 is 7.47. The molecule has 0 aliphatic carbocycles. The van der Waals surface area contributed by atoms with E-state index in [9.17, 15) is 4.79 Å². The monoisotopic (exact) mass is 323 g/mol. The summed E-state index contributed by atoms with van der Waals surface area (Å²) in [7, 11) is 1.77. The van der Waals surface area contributed by atoms with Gasteiger partial charge < -0.3 is 10.6 Å². The van der Waals surface area contributed by atoms with Gasteiger partial charge >= 0.3 is 0 Å². The van der Waals surface area contributed by atoms with Crippen molar-refractivity contribution < 1.29 is 4.79 Å². The first kappa shape index (κ1) is 15.9. The third-order valence-corrected chi connectivity index (χ3v) is 4.51. The number of carbonyl (C=O) groups is 1. The molecule has 1 heterocycles. The standard InChI is InChI=1S/C15H18ClN3OS/c1-10(11-4-3-5-12(16)8-11)19(2)15(20)13-9-21-14(18-13)6-7-17/h3-5,8-10H,6-7,17H2,1-2H3. The Balaban J connectivity index is 2.14. The minimum Gasteiger partial charge on any atom is -0.334 e. The highest BCUT2D eigenvalue weighted by Crippen LogP contribution is 2.23. The maximum absolute atomic E-state index is 12.5. The summed E-state index contributed by atoms with van der Waals surface area (Å²) in [6.07, 6.45) is 0.700. The van der Waals surface area contributed by atoms with Crippen molar-refractivity contribution in [2.24, 2.45) is 5.73 Å². The summed E-state index contributed by atoms with van der Waals surface area (Å²) in [6.45, 7) is 2.51. The Bertz CT molecular complexity index is 629. The number of nitrogens with zero attached hydrogens (tertiary/aromatic N) is 2. The van der Waals surface area contributed by atoms with Gasteiger partial charge in [-0.3, -0.25) is 4.79 Å². The molecule has 1 amide bonds. The number of aromatic nitrogens is 1. The number of thiazole rings is 1. The number of carbonyl (C=O) groups excluding carboxylic acids is 1. The molecule has 4 nitrogen and oxygen atoms in total. The molecule has 2 rings (SSSR count). The van der Waals surface area contributed by atoms with Crippen molar-refractivity contribution in [3.05, 3.63) is 50.9 Å². The van der Waals surface area contributed by atoms with Crippen LogP contribution in [0.1, 0.15) is 34.0 Å². The fourth-order valence-corrected chi connectivity index (χ4v) is 2.98. The predicted molar refractivity (Wildman–Crippen MR) is 86.8 cm³/mol. The van der Waals surface area contributed by atoms with Gasteiger partial charge in [-0.05, 0) is 31.2 Å². The molecule has 6 heteroatoms. The highest BCUT2D eigenvalue weighted by molar-refractivity contribution is 7.09. The zero-order valence-corrected chi connectivity index (χ0v) is 13.6. The average Bonchev–Trinajstić information content (AvgIpc) is 2.94. The van der Waals surface area contributed by atoms with E-state index in [1.54, 1.807) is 17.3 Å². The number of nitrogens with two attached hydrogens (primary N) is 1. The highest BCUT2D eigenvalue weighted by Gasteiger charge is 2.21. The topological polar surface area (TPSA) is 59.2 Å². The third kappa shape index (κ3) is 3.81. The smallest absolute Gasteiger partial charge is 0.273 e. The van der Waals surface area contributed by atoms with E-state index >= 15 is 0 Å². The van der Waals surface area contributed by atoms with Crippen molar-refractivity contribution >= 4 is 28.8 Å². The Morgan fingerprint density at radius 3 is 2.95 bits per heavy atom. The molecule has 1 atom stereocenters. The highest BCUT2D eigenvalue weighted by atomic mass is 35.5. The van der Waals surface area contributed by atoms with E-state index in [0.29, 0.717) is 23.7 Å². The normalized spacial score (nSPS) is 12.2. The summed E-state index contributed by atoms with van der Waals surface area (Å²) < 4.78 is 0. The van der Waals surface area contributed by atoms with Gasteiger partial charge in [0.1, 0.15) is 5.69 Å². The molecule has 1 aromatic heterocycles. The van der Waals surface area contributed by atoms with Gasteiger partial charge in [0.05, 0.1) is 11.0 Å². The Kier molecular flexibility index (Phi) is 5.33. The molecule has 2 aromatic rings. The Morgan fingerprint density at radius 2 is 2.29 bits per heavy atom. The molecule has 21 heavy (non-hydrogen) atoms. The van der Waals surface area contributed by atoms with Crippen molar-refractivity contribution in [2.75, 3.05) is 13.6 Å². The van der Waals surface area contributed by atoms with E-state index in [2.05, 4.69) is 4.98 Å². The van der Waals surface area contributed by atoms with Gasteiger partial charge in [0.15, 0.2) is 0 Å². The van der Waals surface area contributed by atoms with Crippen LogP contribution in [0.3, 0.4) is 0 Å². The lowest BCUT2D eigenvalue weighted by molar-refractivity contribution is 0.0737. The summed E-state index contributed by atoms with van der Waals surface area (Å²) in [4.78, 5) is 18.5. The zero-order valence-electron chi connectivity index (χ0n) is 12.0. The second kappa shape index (κ2) is 7.02. The number of rotatable bonds is 5. The largest absolute Gasteiger partial charge is 0.334 e. The molecule has 0 aliphatic rings. The molecule has 0 spiro atoms. The van der Waals surface area contributed by atoms with Gasteiger partial charge in [-0.15, -0.1) is 11.3 Å². The van der Waals surface area contributed by atoms with E-state index in [4.69, 9.17) is 17.3 Å². The fourth-order valence-electron chi connectivity index (χ4n) is 1.99. The minimum atomic E-state index is -0.0954. The second-order valence-corrected chi connectivity index (χ2v) is 6.19. The lowest BCUT2D eigenvalue weighted by Crippen LogP contribution is -2.30. The number of halogens is 1. The van der Waals surface area contributed by atoms with Gasteiger partial charge in [-0.25, -0.2) is 4.98 Å². The van der Waals surface area contributed by atoms with Crippen LogP contribution in [0.25, 0.3) is 0 Å². The summed E-state index contributed by atoms with van der Waals surface area (Å²) in [6, 6.07) is 7.46. The molecule has 0 fully saturated rings. The van der Waals surface area contributed by atoms with E-state index in [1.165, 1.54) is 11.3 Å². The van der Waals surface area contributed by atoms with Gasteiger partial charge in [0.2, 0.25) is 0 Å². The van der Waals surface area contributed by atoms with Gasteiger partial charge in [0.25, 0.3) is 5.91 Å². The number of amides is 1. The van der Waals surface area contributed by atoms with E-state index in [-0.39, 0.29) is 11.9 Å². The van der Waals surface area contributed by atoms with Crippen LogP contribution < -0.4 is 5.73 Å². The molecule has 0 bridgehead atoms. The lowest BCUT2D eigenvalue weighted by Gasteiger charge is -2.24. The first-order chi connectivity index (χ1) is 10.0. The van der Waals surface area contributed by atoms with Crippen molar-refractivity contribution in [3.8, 4) is 0 Å². The SMILES string of the molecule is CC(c1cccc(Cl)c1)N(C)C(=O)c1csc(CCN)n1. The second-order valence-electron chi connectivity index (χ2n) is 4.81. The molecule has 2 N–H and O–H groups in total. The first-order valence-corrected chi connectivity index (χ1v) is 7.95. The Hall–Kier alpha value is -1.43. The molecule has 0 saturated carbocycles. The van der Waals surface area contributed by atoms with E-state index in [0.717, 1.165) is 10.6 Å². The van der Waals surface area contributed by atoms with E-state index < -0.39 is 0 Å². The molecule has 0 radical (unpaired) electrons. The summed E-state index contributed by atoms with van der Waals surface area (Å²) in [5.74, 6) is -0.0954. The first-order valence-electron chi connectivity index (χ1n) is 6.70. The van der Waals surface area contributed by atoms with Crippen molar-refractivity contribution in [3.63, 3.8) is 0 Å². The third-order valence-electron chi connectivity index (χ3n) is 3.36. The van der Waals surface area contributed by atoms with Crippen LogP contribution in [0.2, 0.25) is 5.02 Å². The van der Waals surface area contributed by atoms with Crippen molar-refractivity contribution in [1.29, 1.82) is 0 Å². The lowest BCUT2D eigenvalue weighted by atomic mass is 10.1. The van der Waals surface area contributed by atoms with Crippen LogP contribution in [0.15, 0.2) is 29.6 Å². The van der Waals surface area contributed by atoms with E-state index in [1.807, 2.05) is 31.2 Å². The van der Waals surface area contributed by atoms with Gasteiger partial charge in [-0.1, -0.05) is 23.7 Å². The molecule has 112 valence electrons. The van der Waals surface area contributed by atoms with Crippen LogP contribution >= 0.6 is 22.9 Å². The van der Waals surface area contributed by atoms with Gasteiger partial charge in [0, 0.05) is 23.9 Å².